The summed E-state index contributed by atoms with van der Waals surface area (Å²) in [4.78, 5) is 16.0. The summed E-state index contributed by atoms with van der Waals surface area (Å²) in [5.74, 6) is 0.330. The SMILES string of the molecule is CC1OCCC1CNC(=O)c1ccnc(CN)c1. The zero-order valence-corrected chi connectivity index (χ0v) is 10.6. The number of aromatic nitrogens is 1. The van der Waals surface area contributed by atoms with E-state index >= 15 is 0 Å². The predicted molar refractivity (Wildman–Crippen MR) is 68.0 cm³/mol. The molecule has 0 spiro atoms. The van der Waals surface area contributed by atoms with Crippen LogP contribution in [0.3, 0.4) is 0 Å². The Hall–Kier alpha value is -1.46. The molecule has 1 amide bonds. The molecule has 1 fully saturated rings. The van der Waals surface area contributed by atoms with E-state index < -0.39 is 0 Å². The zero-order valence-electron chi connectivity index (χ0n) is 10.6. The summed E-state index contributed by atoms with van der Waals surface area (Å²) in [5, 5.41) is 2.94. The van der Waals surface area contributed by atoms with Gasteiger partial charge in [-0.2, -0.15) is 0 Å². The van der Waals surface area contributed by atoms with Crippen LogP contribution in [0.15, 0.2) is 18.3 Å². The minimum atomic E-state index is -0.0776. The third-order valence-electron chi connectivity index (χ3n) is 3.35. The van der Waals surface area contributed by atoms with E-state index in [-0.39, 0.29) is 12.0 Å². The molecule has 2 unspecified atom stereocenters. The second kappa shape index (κ2) is 5.93. The summed E-state index contributed by atoms with van der Waals surface area (Å²) in [6.07, 6.45) is 2.84. The Morgan fingerprint density at radius 2 is 2.50 bits per heavy atom. The van der Waals surface area contributed by atoms with Crippen molar-refractivity contribution in [2.45, 2.75) is 26.0 Å². The lowest BCUT2D eigenvalue weighted by Crippen LogP contribution is -2.32. The molecule has 0 radical (unpaired) electrons. The van der Waals surface area contributed by atoms with E-state index in [1.54, 1.807) is 18.3 Å². The number of nitrogens with zero attached hydrogens (tertiary/aromatic N) is 1. The summed E-state index contributed by atoms with van der Waals surface area (Å²) in [6, 6.07) is 3.42. The molecule has 5 heteroatoms. The first-order valence-corrected chi connectivity index (χ1v) is 6.25. The van der Waals surface area contributed by atoms with E-state index in [0.717, 1.165) is 18.7 Å². The number of rotatable bonds is 4. The van der Waals surface area contributed by atoms with E-state index in [4.69, 9.17) is 10.5 Å². The number of amides is 1. The van der Waals surface area contributed by atoms with Gasteiger partial charge in [0.2, 0.25) is 0 Å². The fraction of sp³-hybridized carbons (Fsp3) is 0.538. The van der Waals surface area contributed by atoms with Gasteiger partial charge in [-0.25, -0.2) is 0 Å². The third kappa shape index (κ3) is 3.05. The van der Waals surface area contributed by atoms with E-state index in [1.165, 1.54) is 0 Å². The van der Waals surface area contributed by atoms with Crippen LogP contribution in [0.1, 0.15) is 29.4 Å². The lowest BCUT2D eigenvalue weighted by atomic mass is 10.0. The van der Waals surface area contributed by atoms with Crippen molar-refractivity contribution in [1.29, 1.82) is 0 Å². The number of nitrogens with two attached hydrogens (primary N) is 1. The van der Waals surface area contributed by atoms with Gasteiger partial charge in [-0.05, 0) is 25.5 Å². The lowest BCUT2D eigenvalue weighted by molar-refractivity contribution is 0.0907. The first-order valence-electron chi connectivity index (χ1n) is 6.25. The predicted octanol–water partition coefficient (Wildman–Crippen LogP) is 0.695. The summed E-state index contributed by atoms with van der Waals surface area (Å²) in [5.41, 5.74) is 6.83. The molecule has 3 N–H and O–H groups in total. The van der Waals surface area contributed by atoms with Crippen molar-refractivity contribution in [3.8, 4) is 0 Å². The number of carbonyl (C=O) groups is 1. The van der Waals surface area contributed by atoms with Crippen molar-refractivity contribution in [2.24, 2.45) is 11.7 Å². The maximum absolute atomic E-state index is 12.0. The standard InChI is InChI=1S/C13H19N3O2/c1-9-11(3-5-18-9)8-16-13(17)10-2-4-15-12(6-10)7-14/h2,4,6,9,11H,3,5,7-8,14H2,1H3,(H,16,17). The van der Waals surface area contributed by atoms with Crippen LogP contribution in [0.4, 0.5) is 0 Å². The highest BCUT2D eigenvalue weighted by Crippen LogP contribution is 2.19. The third-order valence-corrected chi connectivity index (χ3v) is 3.35. The Morgan fingerprint density at radius 3 is 3.17 bits per heavy atom. The van der Waals surface area contributed by atoms with Crippen LogP contribution in [0.5, 0.6) is 0 Å². The summed E-state index contributed by atoms with van der Waals surface area (Å²) in [6.45, 7) is 3.83. The van der Waals surface area contributed by atoms with E-state index in [0.29, 0.717) is 24.6 Å². The second-order valence-electron chi connectivity index (χ2n) is 4.57. The van der Waals surface area contributed by atoms with Crippen LogP contribution in [0, 0.1) is 5.92 Å². The van der Waals surface area contributed by atoms with Gasteiger partial charge in [0, 0.05) is 37.4 Å². The van der Waals surface area contributed by atoms with E-state index in [2.05, 4.69) is 10.3 Å². The van der Waals surface area contributed by atoms with Gasteiger partial charge in [0.1, 0.15) is 0 Å². The Bertz CT molecular complexity index is 422. The fourth-order valence-electron chi connectivity index (χ4n) is 2.10. The number of pyridine rings is 1. The van der Waals surface area contributed by atoms with Crippen molar-refractivity contribution < 1.29 is 9.53 Å². The van der Waals surface area contributed by atoms with Gasteiger partial charge in [0.25, 0.3) is 5.91 Å². The molecule has 0 saturated carbocycles. The minimum Gasteiger partial charge on any atom is -0.378 e. The molecule has 0 aromatic carbocycles. The van der Waals surface area contributed by atoms with E-state index in [9.17, 15) is 4.79 Å². The molecule has 2 rings (SSSR count). The van der Waals surface area contributed by atoms with Crippen molar-refractivity contribution in [1.82, 2.24) is 10.3 Å². The molecule has 1 aliphatic rings. The molecule has 1 saturated heterocycles. The molecule has 5 nitrogen and oxygen atoms in total. The molecule has 98 valence electrons. The quantitative estimate of drug-likeness (QED) is 0.823. The largest absolute Gasteiger partial charge is 0.378 e. The van der Waals surface area contributed by atoms with Gasteiger partial charge < -0.3 is 15.8 Å². The lowest BCUT2D eigenvalue weighted by Gasteiger charge is -2.14. The minimum absolute atomic E-state index is 0.0776. The zero-order chi connectivity index (χ0) is 13.0. The highest BCUT2D eigenvalue weighted by atomic mass is 16.5. The van der Waals surface area contributed by atoms with E-state index in [1.807, 2.05) is 6.92 Å². The summed E-state index contributed by atoms with van der Waals surface area (Å²) >= 11 is 0. The van der Waals surface area contributed by atoms with Crippen LogP contribution >= 0.6 is 0 Å². The molecule has 2 atom stereocenters. The summed E-state index contributed by atoms with van der Waals surface area (Å²) in [7, 11) is 0. The van der Waals surface area contributed by atoms with Crippen LogP contribution in [0.25, 0.3) is 0 Å². The average molecular weight is 249 g/mol. The molecule has 18 heavy (non-hydrogen) atoms. The molecule has 2 heterocycles. The first-order chi connectivity index (χ1) is 8.70. The Balaban J connectivity index is 1.90. The van der Waals surface area contributed by atoms with Crippen molar-refractivity contribution in [3.63, 3.8) is 0 Å². The number of hydrogen-bond acceptors (Lipinski definition) is 4. The normalized spacial score (nSPS) is 23.0. The van der Waals surface area contributed by atoms with Crippen molar-refractivity contribution in [3.05, 3.63) is 29.6 Å². The van der Waals surface area contributed by atoms with Crippen molar-refractivity contribution >= 4 is 5.91 Å². The molecule has 0 bridgehead atoms. The first kappa shape index (κ1) is 13.0. The number of nitrogens with one attached hydrogen (secondary N) is 1. The van der Waals surface area contributed by atoms with Crippen LogP contribution in [0.2, 0.25) is 0 Å². The monoisotopic (exact) mass is 249 g/mol. The van der Waals surface area contributed by atoms with Gasteiger partial charge in [0.05, 0.1) is 11.8 Å². The molecular weight excluding hydrogens is 230 g/mol. The van der Waals surface area contributed by atoms with Gasteiger partial charge in [-0.3, -0.25) is 9.78 Å². The average Bonchev–Trinajstić information content (AvgIpc) is 2.81. The maximum Gasteiger partial charge on any atom is 0.251 e. The summed E-state index contributed by atoms with van der Waals surface area (Å²) < 4.78 is 5.46. The van der Waals surface area contributed by atoms with Crippen LogP contribution in [-0.4, -0.2) is 30.1 Å². The molecular formula is C13H19N3O2. The maximum atomic E-state index is 12.0. The topological polar surface area (TPSA) is 77.2 Å². The number of hydrogen-bond donors (Lipinski definition) is 2. The number of ether oxygens (including phenoxy) is 1. The highest BCUT2D eigenvalue weighted by Gasteiger charge is 2.24. The molecule has 1 aromatic heterocycles. The second-order valence-corrected chi connectivity index (χ2v) is 4.57. The Labute approximate surface area is 107 Å². The van der Waals surface area contributed by atoms with Gasteiger partial charge >= 0.3 is 0 Å². The van der Waals surface area contributed by atoms with Crippen LogP contribution in [-0.2, 0) is 11.3 Å². The van der Waals surface area contributed by atoms with Crippen LogP contribution < -0.4 is 11.1 Å². The molecule has 1 aromatic rings. The van der Waals surface area contributed by atoms with Gasteiger partial charge in [-0.1, -0.05) is 0 Å². The smallest absolute Gasteiger partial charge is 0.251 e. The Kier molecular flexibility index (Phi) is 4.28. The van der Waals surface area contributed by atoms with Gasteiger partial charge in [0.15, 0.2) is 0 Å². The van der Waals surface area contributed by atoms with Gasteiger partial charge in [-0.15, -0.1) is 0 Å². The fourth-order valence-corrected chi connectivity index (χ4v) is 2.10. The van der Waals surface area contributed by atoms with Crippen molar-refractivity contribution in [2.75, 3.05) is 13.2 Å². The molecule has 0 aliphatic carbocycles. The Morgan fingerprint density at radius 1 is 1.67 bits per heavy atom. The highest BCUT2D eigenvalue weighted by molar-refractivity contribution is 5.94. The molecule has 1 aliphatic heterocycles. The number of carbonyl (C=O) groups excluding carboxylic acids is 1.